The van der Waals surface area contributed by atoms with Crippen molar-refractivity contribution >= 4 is 23.2 Å². The van der Waals surface area contributed by atoms with E-state index in [1.165, 1.54) is 0 Å². The fourth-order valence-electron chi connectivity index (χ4n) is 2.71. The largest absolute Gasteiger partial charge is 0.342 e. The van der Waals surface area contributed by atoms with E-state index in [0.29, 0.717) is 12.5 Å². The second-order valence-electron chi connectivity index (χ2n) is 6.52. The van der Waals surface area contributed by atoms with E-state index in [1.807, 2.05) is 13.8 Å². The van der Waals surface area contributed by atoms with Crippen LogP contribution in [0.25, 0.3) is 0 Å². The summed E-state index contributed by atoms with van der Waals surface area (Å²) in [7, 11) is 0. The van der Waals surface area contributed by atoms with E-state index in [-0.39, 0.29) is 17.9 Å². The standard InChI is InChI=1S/C15H21N3O2S/c1-8-9(2)21-11(16-8)7-18-13(19)12(10-5-6-10)17-14(20)15(18,3)4/h10,12H,5-7H2,1-4H3,(H,17,20). The highest BCUT2D eigenvalue weighted by atomic mass is 32.1. The SMILES string of the molecule is Cc1nc(CN2C(=O)C(C3CC3)NC(=O)C2(C)C)sc1C. The van der Waals surface area contributed by atoms with Crippen molar-refractivity contribution in [2.24, 2.45) is 5.92 Å². The number of hydrogen-bond acceptors (Lipinski definition) is 4. The van der Waals surface area contributed by atoms with E-state index < -0.39 is 5.54 Å². The third kappa shape index (κ3) is 2.46. The van der Waals surface area contributed by atoms with Gasteiger partial charge >= 0.3 is 0 Å². The number of hydrogen-bond donors (Lipinski definition) is 1. The molecule has 3 rings (SSSR count). The lowest BCUT2D eigenvalue weighted by molar-refractivity contribution is -0.156. The molecule has 1 N–H and O–H groups in total. The van der Waals surface area contributed by atoms with Crippen LogP contribution in [0.2, 0.25) is 0 Å². The second-order valence-corrected chi connectivity index (χ2v) is 7.81. The number of carbonyl (C=O) groups excluding carboxylic acids is 2. The van der Waals surface area contributed by atoms with E-state index in [9.17, 15) is 9.59 Å². The van der Waals surface area contributed by atoms with Gasteiger partial charge in [-0.3, -0.25) is 9.59 Å². The average Bonchev–Trinajstić information content (AvgIpc) is 3.18. The maximum absolute atomic E-state index is 12.8. The lowest BCUT2D eigenvalue weighted by Gasteiger charge is -2.44. The van der Waals surface area contributed by atoms with Gasteiger partial charge in [0.05, 0.1) is 12.2 Å². The zero-order valence-electron chi connectivity index (χ0n) is 12.9. The summed E-state index contributed by atoms with van der Waals surface area (Å²) in [4.78, 5) is 32.5. The zero-order valence-corrected chi connectivity index (χ0v) is 13.7. The first-order valence-corrected chi connectivity index (χ1v) is 8.17. The number of amides is 2. The molecule has 1 aliphatic carbocycles. The van der Waals surface area contributed by atoms with Crippen LogP contribution in [0.3, 0.4) is 0 Å². The van der Waals surface area contributed by atoms with Gasteiger partial charge in [-0.1, -0.05) is 0 Å². The molecule has 2 aliphatic rings. The summed E-state index contributed by atoms with van der Waals surface area (Å²) in [5.41, 5.74) is 0.177. The Bertz CT molecular complexity index is 585. The first-order valence-electron chi connectivity index (χ1n) is 7.36. The Hall–Kier alpha value is -1.43. The zero-order chi connectivity index (χ0) is 15.4. The van der Waals surface area contributed by atoms with Crippen molar-refractivity contribution in [2.75, 3.05) is 0 Å². The highest BCUT2D eigenvalue weighted by molar-refractivity contribution is 7.11. The van der Waals surface area contributed by atoms with Crippen molar-refractivity contribution in [3.63, 3.8) is 0 Å². The van der Waals surface area contributed by atoms with Crippen LogP contribution in [-0.4, -0.2) is 33.3 Å². The number of aryl methyl sites for hydroxylation is 2. The van der Waals surface area contributed by atoms with Gasteiger partial charge in [0.2, 0.25) is 11.8 Å². The van der Waals surface area contributed by atoms with Gasteiger partial charge in [-0.2, -0.15) is 0 Å². The summed E-state index contributed by atoms with van der Waals surface area (Å²) in [6.07, 6.45) is 2.06. The molecule has 6 heteroatoms. The van der Waals surface area contributed by atoms with Gasteiger partial charge < -0.3 is 10.2 Å². The highest BCUT2D eigenvalue weighted by Crippen LogP contribution is 2.37. The fourth-order valence-corrected chi connectivity index (χ4v) is 3.64. The molecule has 1 saturated carbocycles. The number of piperazine rings is 1. The van der Waals surface area contributed by atoms with Crippen LogP contribution in [0, 0.1) is 19.8 Å². The number of nitrogens with one attached hydrogen (secondary N) is 1. The van der Waals surface area contributed by atoms with Crippen LogP contribution in [0.4, 0.5) is 0 Å². The fraction of sp³-hybridized carbons (Fsp3) is 0.667. The smallest absolute Gasteiger partial charge is 0.246 e. The van der Waals surface area contributed by atoms with Crippen molar-refractivity contribution in [2.45, 2.75) is 58.7 Å². The van der Waals surface area contributed by atoms with Crippen LogP contribution < -0.4 is 5.32 Å². The summed E-state index contributed by atoms with van der Waals surface area (Å²) in [6, 6.07) is -0.340. The molecule has 2 amide bonds. The maximum atomic E-state index is 12.8. The first kappa shape index (κ1) is 14.5. The van der Waals surface area contributed by atoms with Crippen molar-refractivity contribution in [3.05, 3.63) is 15.6 Å². The van der Waals surface area contributed by atoms with Crippen LogP contribution >= 0.6 is 11.3 Å². The van der Waals surface area contributed by atoms with Gasteiger partial charge in [0.1, 0.15) is 16.6 Å². The Labute approximate surface area is 128 Å². The van der Waals surface area contributed by atoms with Crippen molar-refractivity contribution in [1.82, 2.24) is 15.2 Å². The highest BCUT2D eigenvalue weighted by Gasteiger charge is 2.50. The van der Waals surface area contributed by atoms with Gasteiger partial charge in [0, 0.05) is 4.88 Å². The molecule has 1 unspecified atom stereocenters. The molecule has 1 aromatic rings. The molecule has 1 aliphatic heterocycles. The maximum Gasteiger partial charge on any atom is 0.246 e. The Morgan fingerprint density at radius 1 is 1.33 bits per heavy atom. The monoisotopic (exact) mass is 307 g/mol. The Balaban J connectivity index is 1.88. The van der Waals surface area contributed by atoms with Gasteiger partial charge in [-0.15, -0.1) is 11.3 Å². The number of rotatable bonds is 3. The molecule has 0 radical (unpaired) electrons. The second kappa shape index (κ2) is 4.80. The topological polar surface area (TPSA) is 62.3 Å². The van der Waals surface area contributed by atoms with Gasteiger partial charge in [0.15, 0.2) is 0 Å². The quantitative estimate of drug-likeness (QED) is 0.926. The number of aromatic nitrogens is 1. The molecule has 0 aromatic carbocycles. The Morgan fingerprint density at radius 2 is 2.00 bits per heavy atom. The molecule has 2 fully saturated rings. The third-order valence-corrected chi connectivity index (χ3v) is 5.57. The van der Waals surface area contributed by atoms with Crippen molar-refractivity contribution in [1.29, 1.82) is 0 Å². The first-order chi connectivity index (χ1) is 9.80. The molecule has 2 heterocycles. The summed E-state index contributed by atoms with van der Waals surface area (Å²) >= 11 is 1.60. The van der Waals surface area contributed by atoms with E-state index in [2.05, 4.69) is 10.3 Å². The van der Waals surface area contributed by atoms with Crippen LogP contribution in [0.15, 0.2) is 0 Å². The van der Waals surface area contributed by atoms with Crippen LogP contribution in [-0.2, 0) is 16.1 Å². The molecule has 5 nitrogen and oxygen atoms in total. The van der Waals surface area contributed by atoms with Gasteiger partial charge in [0.25, 0.3) is 0 Å². The molecule has 1 atom stereocenters. The van der Waals surface area contributed by atoms with Crippen LogP contribution in [0.5, 0.6) is 0 Å². The lowest BCUT2D eigenvalue weighted by Crippen LogP contribution is -2.68. The van der Waals surface area contributed by atoms with E-state index in [0.717, 1.165) is 28.4 Å². The lowest BCUT2D eigenvalue weighted by atomic mass is 9.94. The minimum absolute atomic E-state index is 0.0348. The molecule has 1 aromatic heterocycles. The molecule has 0 spiro atoms. The van der Waals surface area contributed by atoms with Gasteiger partial charge in [-0.05, 0) is 46.5 Å². The molecule has 1 saturated heterocycles. The summed E-state index contributed by atoms with van der Waals surface area (Å²) in [5, 5.41) is 3.80. The molecule has 21 heavy (non-hydrogen) atoms. The molecular formula is C15H21N3O2S. The number of carbonyl (C=O) groups is 2. The third-order valence-electron chi connectivity index (χ3n) is 4.51. The molecule has 0 bridgehead atoms. The summed E-state index contributed by atoms with van der Waals surface area (Å²) in [5.74, 6) is 0.288. The minimum Gasteiger partial charge on any atom is -0.342 e. The average molecular weight is 307 g/mol. The molecule has 114 valence electrons. The van der Waals surface area contributed by atoms with Crippen LogP contribution in [0.1, 0.15) is 42.3 Å². The van der Waals surface area contributed by atoms with Crippen molar-refractivity contribution < 1.29 is 9.59 Å². The summed E-state index contributed by atoms with van der Waals surface area (Å²) < 4.78 is 0. The minimum atomic E-state index is -0.823. The molecular weight excluding hydrogens is 286 g/mol. The number of thiazole rings is 1. The normalized spacial score (nSPS) is 25.1. The van der Waals surface area contributed by atoms with E-state index in [1.54, 1.807) is 30.1 Å². The van der Waals surface area contributed by atoms with E-state index >= 15 is 0 Å². The van der Waals surface area contributed by atoms with Crippen molar-refractivity contribution in [3.8, 4) is 0 Å². The predicted molar refractivity (Wildman–Crippen MR) is 80.9 cm³/mol. The Morgan fingerprint density at radius 3 is 2.52 bits per heavy atom. The summed E-state index contributed by atoms with van der Waals surface area (Å²) in [6.45, 7) is 8.02. The van der Waals surface area contributed by atoms with E-state index in [4.69, 9.17) is 0 Å². The Kier molecular flexibility index (Phi) is 3.31. The van der Waals surface area contributed by atoms with Gasteiger partial charge in [-0.25, -0.2) is 4.98 Å². The number of nitrogens with zero attached hydrogens (tertiary/aromatic N) is 2. The predicted octanol–water partition coefficient (Wildman–Crippen LogP) is 1.78.